The first-order chi connectivity index (χ1) is 36.5. The summed E-state index contributed by atoms with van der Waals surface area (Å²) in [5.74, 6) is 6.59. The number of nitrogens with zero attached hydrogens (tertiary/aromatic N) is 3. The van der Waals surface area contributed by atoms with E-state index < -0.39 is 31.0 Å². The number of anilines is 3. The molecule has 2 aliphatic heterocycles. The molecule has 14 nitrogen and oxygen atoms in total. The molecule has 1 aromatic heterocycles. The van der Waals surface area contributed by atoms with Crippen molar-refractivity contribution in [3.8, 4) is 23.3 Å². The maximum absolute atomic E-state index is 14.9. The lowest BCUT2D eigenvalue weighted by atomic mass is 9.95. The standard InChI is InChI=1S/C58H72F4N8O6/c1-38(2)55-57(74)66-43(35-71)29-41-21-23-45(32-52(41)69(55)4)76-36-40-19-17-39(18-20-40)33-65-54(72)16-9-7-6-8-10-26-64-56(73)42-22-24-50(53(30-42)75-5)63-27-12-13-44-31-46-48(67-49-25-28-68(3)34-47(49)59)14-11-15-51(46)70(44)37-58(60,61)62/h11,14-15,17-24,30-32,38,43,47,49,55,63,67,71H,6-10,16,25-29,33-37H2,1-5H3,(H,64,73)(H,65,72)(H,66,74)/t43-,47-,49+,55-/m0/s1. The third-order valence-corrected chi connectivity index (χ3v) is 14.0. The molecule has 5 aromatic rings. The second kappa shape index (κ2) is 26.7. The van der Waals surface area contributed by atoms with E-state index in [0.29, 0.717) is 84.8 Å². The molecular formula is C58H72F4N8O6. The van der Waals surface area contributed by atoms with Crippen LogP contribution in [0, 0.1) is 17.8 Å². The van der Waals surface area contributed by atoms with Gasteiger partial charge in [0, 0.05) is 68.0 Å². The molecule has 7 rings (SSSR count). The molecular weight excluding hydrogens is 981 g/mol. The lowest BCUT2D eigenvalue weighted by Gasteiger charge is -2.37. The van der Waals surface area contributed by atoms with Crippen LogP contribution >= 0.6 is 0 Å². The molecule has 0 aliphatic carbocycles. The summed E-state index contributed by atoms with van der Waals surface area (Å²) in [7, 11) is 5.25. The Kier molecular flexibility index (Phi) is 19.9. The first kappa shape index (κ1) is 56.8. The van der Waals surface area contributed by atoms with Crippen LogP contribution in [-0.2, 0) is 35.7 Å². The number of methoxy groups -OCH3 is 1. The first-order valence-electron chi connectivity index (χ1n) is 26.2. The summed E-state index contributed by atoms with van der Waals surface area (Å²) in [5.41, 5.74) is 5.93. The number of rotatable bonds is 22. The number of fused-ring (bicyclic) bond motifs is 2. The molecule has 0 spiro atoms. The van der Waals surface area contributed by atoms with Gasteiger partial charge in [-0.15, -0.1) is 0 Å². The van der Waals surface area contributed by atoms with Crippen LogP contribution < -0.4 is 41.0 Å². The van der Waals surface area contributed by atoms with Crippen molar-refractivity contribution in [1.29, 1.82) is 0 Å². The van der Waals surface area contributed by atoms with Gasteiger partial charge in [0.05, 0.1) is 49.2 Å². The minimum Gasteiger partial charge on any atom is -0.495 e. The van der Waals surface area contributed by atoms with Gasteiger partial charge in [-0.2, -0.15) is 13.2 Å². The molecule has 0 bridgehead atoms. The van der Waals surface area contributed by atoms with Gasteiger partial charge in [-0.1, -0.05) is 75.4 Å². The van der Waals surface area contributed by atoms with Crippen LogP contribution in [0.5, 0.6) is 11.5 Å². The molecule has 4 aromatic carbocycles. The van der Waals surface area contributed by atoms with Crippen molar-refractivity contribution in [2.45, 2.75) is 115 Å². The molecule has 18 heteroatoms. The average Bonchev–Trinajstić information content (AvgIpc) is 3.74. The van der Waals surface area contributed by atoms with Crippen molar-refractivity contribution in [2.24, 2.45) is 5.92 Å². The van der Waals surface area contributed by atoms with Crippen LogP contribution in [0.4, 0.5) is 34.6 Å². The normalized spacial score (nSPS) is 17.9. The smallest absolute Gasteiger partial charge is 0.406 e. The summed E-state index contributed by atoms with van der Waals surface area (Å²) >= 11 is 0. The van der Waals surface area contributed by atoms with Gasteiger partial charge in [0.2, 0.25) is 11.8 Å². The second-order valence-corrected chi connectivity index (χ2v) is 20.2. The van der Waals surface area contributed by atoms with Crippen molar-refractivity contribution in [3.63, 3.8) is 0 Å². The molecule has 1 saturated heterocycles. The fourth-order valence-corrected chi connectivity index (χ4v) is 9.91. The monoisotopic (exact) mass is 1050 g/mol. The topological polar surface area (TPSA) is 161 Å². The van der Waals surface area contributed by atoms with Crippen LogP contribution in [0.25, 0.3) is 10.9 Å². The number of hydrogen-bond acceptors (Lipinski definition) is 10. The lowest BCUT2D eigenvalue weighted by Crippen LogP contribution is -2.54. The molecule has 408 valence electrons. The van der Waals surface area contributed by atoms with Crippen molar-refractivity contribution >= 4 is 45.7 Å². The summed E-state index contributed by atoms with van der Waals surface area (Å²) < 4.78 is 69.1. The van der Waals surface area contributed by atoms with Crippen LogP contribution in [-0.4, -0.2) is 117 Å². The number of benzene rings is 4. The number of aromatic nitrogens is 1. The third kappa shape index (κ3) is 15.6. The number of halogens is 4. The SMILES string of the molecule is COc1cc(C(=O)NCCCCCCCC(=O)NCc2ccc(COc3ccc4c(c3)N(C)[C@@H](C(C)C)C(=O)N[C@H](CO)C4)cc2)ccc1NCC#Cc1cc2c(N[C@@H]3CCN(C)C[C@@H]3F)cccc2n1CC(F)(F)F. The molecule has 3 heterocycles. The van der Waals surface area contributed by atoms with Crippen LogP contribution in [0.1, 0.15) is 91.5 Å². The molecule has 0 unspecified atom stereocenters. The molecule has 76 heavy (non-hydrogen) atoms. The van der Waals surface area contributed by atoms with Crippen molar-refractivity contribution in [3.05, 3.63) is 113 Å². The fraction of sp³-hybridized carbons (Fsp3) is 0.466. The summed E-state index contributed by atoms with van der Waals surface area (Å²) in [6.07, 6.45) is 0.130. The van der Waals surface area contributed by atoms with Gasteiger partial charge in [0.25, 0.3) is 5.91 Å². The van der Waals surface area contributed by atoms with Gasteiger partial charge in [0.15, 0.2) is 0 Å². The second-order valence-electron chi connectivity index (χ2n) is 20.2. The Morgan fingerprint density at radius 1 is 0.921 bits per heavy atom. The van der Waals surface area contributed by atoms with Crippen molar-refractivity contribution in [2.75, 3.05) is 69.5 Å². The van der Waals surface area contributed by atoms with E-state index in [2.05, 4.69) is 38.4 Å². The molecule has 0 radical (unpaired) electrons. The van der Waals surface area contributed by atoms with E-state index in [1.165, 1.54) is 7.11 Å². The number of nitrogens with one attached hydrogen (secondary N) is 5. The zero-order valence-corrected chi connectivity index (χ0v) is 44.1. The van der Waals surface area contributed by atoms with E-state index in [0.717, 1.165) is 59.0 Å². The number of carbonyl (C=O) groups excluding carboxylic acids is 3. The number of aliphatic hydroxyl groups is 1. The average molecular weight is 1050 g/mol. The predicted octanol–water partition coefficient (Wildman–Crippen LogP) is 8.59. The van der Waals surface area contributed by atoms with E-state index in [-0.39, 0.29) is 55.1 Å². The minimum atomic E-state index is -4.50. The van der Waals surface area contributed by atoms with E-state index in [1.807, 2.05) is 80.2 Å². The number of aliphatic hydroxyl groups excluding tert-OH is 1. The van der Waals surface area contributed by atoms with E-state index in [1.54, 1.807) is 42.5 Å². The number of alkyl halides is 4. The van der Waals surface area contributed by atoms with Gasteiger partial charge in [-0.25, -0.2) is 4.39 Å². The molecule has 6 N–H and O–H groups in total. The number of hydrogen-bond donors (Lipinski definition) is 6. The van der Waals surface area contributed by atoms with Gasteiger partial charge in [0.1, 0.15) is 36.9 Å². The van der Waals surface area contributed by atoms with E-state index in [9.17, 15) is 37.1 Å². The number of piperidine rings is 1. The van der Waals surface area contributed by atoms with Crippen LogP contribution in [0.3, 0.4) is 0 Å². The maximum Gasteiger partial charge on any atom is 0.406 e. The molecule has 0 saturated carbocycles. The third-order valence-electron chi connectivity index (χ3n) is 14.0. The summed E-state index contributed by atoms with van der Waals surface area (Å²) in [6, 6.07) is 24.2. The highest BCUT2D eigenvalue weighted by atomic mass is 19.4. The highest BCUT2D eigenvalue weighted by Crippen LogP contribution is 2.34. The van der Waals surface area contributed by atoms with Gasteiger partial charge in [-0.3, -0.25) is 14.4 Å². The Labute approximate surface area is 443 Å². The Hall–Kier alpha value is -6.97. The number of ether oxygens (including phenoxy) is 2. The van der Waals surface area contributed by atoms with E-state index >= 15 is 0 Å². The predicted molar refractivity (Wildman–Crippen MR) is 290 cm³/mol. The minimum absolute atomic E-state index is 0.00937. The van der Waals surface area contributed by atoms with Crippen molar-refractivity contribution in [1.82, 2.24) is 25.4 Å². The zero-order chi connectivity index (χ0) is 54.4. The molecule has 2 aliphatic rings. The van der Waals surface area contributed by atoms with Crippen LogP contribution in [0.15, 0.2) is 84.9 Å². The Balaban J connectivity index is 0.786. The largest absolute Gasteiger partial charge is 0.495 e. The van der Waals surface area contributed by atoms with E-state index in [4.69, 9.17) is 9.47 Å². The lowest BCUT2D eigenvalue weighted by molar-refractivity contribution is -0.140. The first-order valence-corrected chi connectivity index (χ1v) is 26.2. The summed E-state index contributed by atoms with van der Waals surface area (Å²) in [5, 5.41) is 25.7. The highest BCUT2D eigenvalue weighted by Gasteiger charge is 2.34. The quantitative estimate of drug-likeness (QED) is 0.0225. The summed E-state index contributed by atoms with van der Waals surface area (Å²) in [4.78, 5) is 42.6. The number of carbonyl (C=O) groups is 3. The Bertz CT molecular complexity index is 2830. The van der Waals surface area contributed by atoms with Crippen LogP contribution in [0.2, 0.25) is 0 Å². The number of likely N-dealkylation sites (N-methyl/N-ethyl adjacent to an activating group) is 1. The number of unbranched alkanes of at least 4 members (excludes halogenated alkanes) is 4. The summed E-state index contributed by atoms with van der Waals surface area (Å²) in [6.45, 7) is 4.96. The molecule has 1 fully saturated rings. The van der Waals surface area contributed by atoms with Gasteiger partial charge < -0.3 is 55.5 Å². The van der Waals surface area contributed by atoms with Gasteiger partial charge >= 0.3 is 6.18 Å². The zero-order valence-electron chi connectivity index (χ0n) is 44.1. The van der Waals surface area contributed by atoms with Gasteiger partial charge in [-0.05, 0) is 104 Å². The Morgan fingerprint density at radius 2 is 1.68 bits per heavy atom. The Morgan fingerprint density at radius 3 is 2.42 bits per heavy atom. The van der Waals surface area contributed by atoms with Crippen molar-refractivity contribution < 1.29 is 46.5 Å². The molecule has 4 atom stereocenters. The fourth-order valence-electron chi connectivity index (χ4n) is 9.91. The maximum atomic E-state index is 14.9. The number of likely N-dealkylation sites (tertiary alicyclic amines) is 1. The molecule has 3 amide bonds. The number of amides is 3. The highest BCUT2D eigenvalue weighted by molar-refractivity contribution is 5.95.